The summed E-state index contributed by atoms with van der Waals surface area (Å²) in [6.07, 6.45) is 2.59. The van der Waals surface area contributed by atoms with Gasteiger partial charge in [0.05, 0.1) is 11.1 Å². The number of fused-ring (bicyclic) bond motifs is 1. The zero-order chi connectivity index (χ0) is 20.8. The number of imide groups is 1. The Morgan fingerprint density at radius 1 is 0.931 bits per heavy atom. The number of unbranched alkanes of at least 4 members (excludes halogenated alkanes) is 1. The van der Waals surface area contributed by atoms with Gasteiger partial charge >= 0.3 is 0 Å². The minimum atomic E-state index is -0.292. The van der Waals surface area contributed by atoms with Gasteiger partial charge < -0.3 is 15.1 Å². The maximum atomic E-state index is 12.5. The average molecular weight is 401 g/mol. The van der Waals surface area contributed by atoms with Gasteiger partial charge in [0.2, 0.25) is 0 Å². The van der Waals surface area contributed by atoms with Gasteiger partial charge in [-0.1, -0.05) is 20.3 Å². The van der Waals surface area contributed by atoms with E-state index in [1.807, 2.05) is 6.92 Å². The SMILES string of the molecule is CCCCN1C(=O)c2ccc(C(=O)NCCCN3CCN(CC)CC3)cc2C1=O. The van der Waals surface area contributed by atoms with E-state index in [9.17, 15) is 14.4 Å². The second kappa shape index (κ2) is 9.98. The Morgan fingerprint density at radius 3 is 2.31 bits per heavy atom. The van der Waals surface area contributed by atoms with Crippen LogP contribution in [0.5, 0.6) is 0 Å². The fourth-order valence-electron chi connectivity index (χ4n) is 3.89. The molecule has 7 nitrogen and oxygen atoms in total. The van der Waals surface area contributed by atoms with Gasteiger partial charge in [-0.05, 0) is 44.1 Å². The summed E-state index contributed by atoms with van der Waals surface area (Å²) in [5.41, 5.74) is 1.17. The van der Waals surface area contributed by atoms with Gasteiger partial charge in [0, 0.05) is 44.8 Å². The van der Waals surface area contributed by atoms with Crippen molar-refractivity contribution in [1.29, 1.82) is 0 Å². The molecule has 7 heteroatoms. The zero-order valence-electron chi connectivity index (χ0n) is 17.6. The van der Waals surface area contributed by atoms with Crippen LogP contribution >= 0.6 is 0 Å². The van der Waals surface area contributed by atoms with Crippen LogP contribution in [0.15, 0.2) is 18.2 Å². The Morgan fingerprint density at radius 2 is 1.62 bits per heavy atom. The normalized spacial score (nSPS) is 17.7. The summed E-state index contributed by atoms with van der Waals surface area (Å²) in [5.74, 6) is -0.747. The number of nitrogens with one attached hydrogen (secondary N) is 1. The van der Waals surface area contributed by atoms with E-state index in [4.69, 9.17) is 0 Å². The zero-order valence-corrected chi connectivity index (χ0v) is 17.6. The third-order valence-corrected chi connectivity index (χ3v) is 5.82. The van der Waals surface area contributed by atoms with E-state index in [0.717, 1.165) is 58.5 Å². The molecule has 0 bridgehead atoms. The lowest BCUT2D eigenvalue weighted by molar-refractivity contribution is 0.0652. The second-order valence-electron chi connectivity index (χ2n) is 7.76. The van der Waals surface area contributed by atoms with Crippen molar-refractivity contribution in [1.82, 2.24) is 20.0 Å². The lowest BCUT2D eigenvalue weighted by atomic mass is 10.1. The summed E-state index contributed by atoms with van der Waals surface area (Å²) in [6.45, 7) is 11.7. The first-order valence-corrected chi connectivity index (χ1v) is 10.8. The van der Waals surface area contributed by atoms with Crippen LogP contribution < -0.4 is 5.32 Å². The molecule has 1 aromatic rings. The van der Waals surface area contributed by atoms with Gasteiger partial charge in [0.25, 0.3) is 17.7 Å². The minimum absolute atomic E-state index is 0.198. The largest absolute Gasteiger partial charge is 0.352 e. The van der Waals surface area contributed by atoms with Crippen molar-refractivity contribution in [2.75, 3.05) is 52.4 Å². The molecular weight excluding hydrogens is 368 g/mol. The first kappa shape index (κ1) is 21.5. The molecule has 0 aliphatic carbocycles. The Labute approximate surface area is 173 Å². The molecule has 2 aliphatic rings. The molecule has 3 rings (SSSR count). The molecule has 1 fully saturated rings. The van der Waals surface area contributed by atoms with Gasteiger partial charge in [0.15, 0.2) is 0 Å². The Bertz CT molecular complexity index is 756. The van der Waals surface area contributed by atoms with Crippen molar-refractivity contribution in [3.05, 3.63) is 34.9 Å². The number of hydrogen-bond donors (Lipinski definition) is 1. The summed E-state index contributed by atoms with van der Waals surface area (Å²) < 4.78 is 0. The van der Waals surface area contributed by atoms with Crippen molar-refractivity contribution in [2.45, 2.75) is 33.1 Å². The molecule has 1 saturated heterocycles. The number of nitrogens with zero attached hydrogens (tertiary/aromatic N) is 3. The van der Waals surface area contributed by atoms with Crippen molar-refractivity contribution in [3.63, 3.8) is 0 Å². The maximum absolute atomic E-state index is 12.5. The molecule has 0 saturated carbocycles. The number of benzene rings is 1. The summed E-state index contributed by atoms with van der Waals surface area (Å²) in [6, 6.07) is 4.79. The van der Waals surface area contributed by atoms with Crippen molar-refractivity contribution in [3.8, 4) is 0 Å². The molecule has 0 aromatic heterocycles. The van der Waals surface area contributed by atoms with Crippen molar-refractivity contribution in [2.24, 2.45) is 0 Å². The van der Waals surface area contributed by atoms with Crippen LogP contribution in [-0.4, -0.2) is 84.8 Å². The van der Waals surface area contributed by atoms with Crippen LogP contribution in [0.3, 0.4) is 0 Å². The van der Waals surface area contributed by atoms with Gasteiger partial charge in [-0.25, -0.2) is 0 Å². The Hall–Kier alpha value is -2.25. The molecule has 0 spiro atoms. The molecule has 0 unspecified atom stereocenters. The number of rotatable bonds is 9. The lowest BCUT2D eigenvalue weighted by Crippen LogP contribution is -2.46. The van der Waals surface area contributed by atoms with Gasteiger partial charge in [-0.3, -0.25) is 19.3 Å². The highest BCUT2D eigenvalue weighted by Crippen LogP contribution is 2.24. The van der Waals surface area contributed by atoms with E-state index in [0.29, 0.717) is 29.8 Å². The molecule has 29 heavy (non-hydrogen) atoms. The predicted octanol–water partition coefficient (Wildman–Crippen LogP) is 1.84. The number of carbonyl (C=O) groups is 3. The number of hydrogen-bond acceptors (Lipinski definition) is 5. The number of amides is 3. The standard InChI is InChI=1S/C22H32N4O3/c1-3-5-11-26-21(28)18-8-7-17(16-19(18)22(26)29)20(27)23-9-6-10-25-14-12-24(4-2)13-15-25/h7-8,16H,3-6,9-15H2,1-2H3,(H,23,27). The molecular formula is C22H32N4O3. The van der Waals surface area contributed by atoms with E-state index in [2.05, 4.69) is 22.0 Å². The summed E-state index contributed by atoms with van der Waals surface area (Å²) in [7, 11) is 0. The molecule has 158 valence electrons. The highest BCUT2D eigenvalue weighted by molar-refractivity contribution is 6.22. The van der Waals surface area contributed by atoms with E-state index in [1.165, 1.54) is 4.90 Å². The van der Waals surface area contributed by atoms with Crippen LogP contribution in [0, 0.1) is 0 Å². The quantitative estimate of drug-likeness (QED) is 0.506. The van der Waals surface area contributed by atoms with Crippen molar-refractivity contribution >= 4 is 17.7 Å². The summed E-state index contributed by atoms with van der Waals surface area (Å²) in [4.78, 5) is 43.6. The molecule has 0 radical (unpaired) electrons. The van der Waals surface area contributed by atoms with Crippen LogP contribution in [0.4, 0.5) is 0 Å². The Kier molecular flexibility index (Phi) is 7.39. The third-order valence-electron chi connectivity index (χ3n) is 5.82. The second-order valence-corrected chi connectivity index (χ2v) is 7.76. The number of carbonyl (C=O) groups excluding carboxylic acids is 3. The van der Waals surface area contributed by atoms with E-state index < -0.39 is 0 Å². The highest BCUT2D eigenvalue weighted by atomic mass is 16.2. The molecule has 0 atom stereocenters. The predicted molar refractivity (Wildman–Crippen MR) is 112 cm³/mol. The summed E-state index contributed by atoms with van der Waals surface area (Å²) in [5, 5.41) is 2.94. The number of piperazine rings is 1. The molecule has 2 heterocycles. The lowest BCUT2D eigenvalue weighted by Gasteiger charge is -2.33. The van der Waals surface area contributed by atoms with Crippen LogP contribution in [0.2, 0.25) is 0 Å². The Balaban J connectivity index is 1.48. The van der Waals surface area contributed by atoms with Gasteiger partial charge in [-0.2, -0.15) is 0 Å². The average Bonchev–Trinajstić information content (AvgIpc) is 2.99. The third kappa shape index (κ3) is 5.03. The first-order chi connectivity index (χ1) is 14.0. The van der Waals surface area contributed by atoms with Gasteiger partial charge in [-0.15, -0.1) is 0 Å². The summed E-state index contributed by atoms with van der Waals surface area (Å²) >= 11 is 0. The van der Waals surface area contributed by atoms with E-state index in [-0.39, 0.29) is 17.7 Å². The van der Waals surface area contributed by atoms with E-state index >= 15 is 0 Å². The van der Waals surface area contributed by atoms with E-state index in [1.54, 1.807) is 18.2 Å². The molecule has 1 N–H and O–H groups in total. The van der Waals surface area contributed by atoms with Crippen molar-refractivity contribution < 1.29 is 14.4 Å². The van der Waals surface area contributed by atoms with Crippen LogP contribution in [0.1, 0.15) is 64.2 Å². The van der Waals surface area contributed by atoms with Crippen LogP contribution in [0.25, 0.3) is 0 Å². The smallest absolute Gasteiger partial charge is 0.261 e. The molecule has 3 amide bonds. The fraction of sp³-hybridized carbons (Fsp3) is 0.591. The first-order valence-electron chi connectivity index (χ1n) is 10.8. The molecule has 1 aromatic carbocycles. The van der Waals surface area contributed by atoms with Gasteiger partial charge in [0.1, 0.15) is 0 Å². The number of likely N-dealkylation sites (N-methyl/N-ethyl adjacent to an activating group) is 1. The topological polar surface area (TPSA) is 73.0 Å². The fourth-order valence-corrected chi connectivity index (χ4v) is 3.89. The minimum Gasteiger partial charge on any atom is -0.352 e. The van der Waals surface area contributed by atoms with Crippen LogP contribution in [-0.2, 0) is 0 Å². The highest BCUT2D eigenvalue weighted by Gasteiger charge is 2.35. The monoisotopic (exact) mass is 400 g/mol. The maximum Gasteiger partial charge on any atom is 0.261 e. The molecule has 2 aliphatic heterocycles.